The van der Waals surface area contributed by atoms with Crippen LogP contribution in [0.3, 0.4) is 0 Å². The van der Waals surface area contributed by atoms with E-state index < -0.39 is 0 Å². The van der Waals surface area contributed by atoms with Crippen LogP contribution < -0.4 is 0 Å². The van der Waals surface area contributed by atoms with Gasteiger partial charge in [0, 0.05) is 17.3 Å². The van der Waals surface area contributed by atoms with Gasteiger partial charge in [-0.3, -0.25) is 9.69 Å². The molecule has 0 atom stereocenters. The van der Waals surface area contributed by atoms with Crippen LogP contribution in [0.25, 0.3) is 0 Å². The van der Waals surface area contributed by atoms with Crippen molar-refractivity contribution in [2.75, 3.05) is 13.1 Å². The highest BCUT2D eigenvalue weighted by atomic mass is 32.1. The molecule has 1 aromatic rings. The minimum Gasteiger partial charge on any atom is -0.298 e. The predicted octanol–water partition coefficient (Wildman–Crippen LogP) is 2.80. The smallest absolute Gasteiger partial charge is 0.149 e. The SMILES string of the molecule is CCN(CC(=O)C(C)C)Cc1cccs1. The van der Waals surface area contributed by atoms with Crippen molar-refractivity contribution in [1.82, 2.24) is 4.90 Å². The molecule has 0 saturated carbocycles. The Morgan fingerprint density at radius 2 is 2.27 bits per heavy atom. The molecular formula is C12H19NOS. The number of Topliss-reactive ketones (excluding diaryl/α,β-unsaturated/α-hetero) is 1. The number of likely N-dealkylation sites (N-methyl/N-ethyl adjacent to an activating group) is 1. The van der Waals surface area contributed by atoms with Gasteiger partial charge in [0.05, 0.1) is 6.54 Å². The van der Waals surface area contributed by atoms with E-state index in [0.717, 1.165) is 13.1 Å². The molecule has 0 aliphatic rings. The third-order valence-corrected chi connectivity index (χ3v) is 3.29. The molecule has 0 fully saturated rings. The van der Waals surface area contributed by atoms with Crippen LogP contribution in [0, 0.1) is 5.92 Å². The van der Waals surface area contributed by atoms with Crippen LogP contribution in [-0.2, 0) is 11.3 Å². The molecule has 0 aliphatic heterocycles. The molecule has 0 saturated heterocycles. The van der Waals surface area contributed by atoms with Gasteiger partial charge in [-0.15, -0.1) is 11.3 Å². The van der Waals surface area contributed by atoms with Gasteiger partial charge in [-0.05, 0) is 18.0 Å². The summed E-state index contributed by atoms with van der Waals surface area (Å²) in [5, 5.41) is 2.08. The molecule has 84 valence electrons. The van der Waals surface area contributed by atoms with Crippen molar-refractivity contribution in [1.29, 1.82) is 0 Å². The summed E-state index contributed by atoms with van der Waals surface area (Å²) < 4.78 is 0. The summed E-state index contributed by atoms with van der Waals surface area (Å²) >= 11 is 1.75. The Morgan fingerprint density at radius 3 is 2.73 bits per heavy atom. The Balaban J connectivity index is 2.46. The molecule has 0 radical (unpaired) electrons. The lowest BCUT2D eigenvalue weighted by Crippen LogP contribution is -2.31. The zero-order chi connectivity index (χ0) is 11.3. The molecular weight excluding hydrogens is 206 g/mol. The topological polar surface area (TPSA) is 20.3 Å². The van der Waals surface area contributed by atoms with Crippen molar-refractivity contribution in [3.8, 4) is 0 Å². The normalized spacial score (nSPS) is 11.3. The molecule has 0 unspecified atom stereocenters. The minimum absolute atomic E-state index is 0.141. The molecule has 0 spiro atoms. The Hall–Kier alpha value is -0.670. The molecule has 0 bridgehead atoms. The fourth-order valence-electron chi connectivity index (χ4n) is 1.31. The fraction of sp³-hybridized carbons (Fsp3) is 0.583. The van der Waals surface area contributed by atoms with E-state index in [1.54, 1.807) is 11.3 Å². The fourth-order valence-corrected chi connectivity index (χ4v) is 2.05. The molecule has 1 rings (SSSR count). The van der Waals surface area contributed by atoms with E-state index in [2.05, 4.69) is 29.3 Å². The molecule has 0 aromatic carbocycles. The Bertz CT molecular complexity index is 293. The van der Waals surface area contributed by atoms with Gasteiger partial charge in [-0.1, -0.05) is 26.8 Å². The summed E-state index contributed by atoms with van der Waals surface area (Å²) in [4.78, 5) is 15.1. The molecule has 15 heavy (non-hydrogen) atoms. The number of rotatable bonds is 6. The maximum absolute atomic E-state index is 11.6. The van der Waals surface area contributed by atoms with Crippen molar-refractivity contribution >= 4 is 17.1 Å². The maximum atomic E-state index is 11.6. The van der Waals surface area contributed by atoms with Crippen molar-refractivity contribution in [3.63, 3.8) is 0 Å². The molecule has 2 nitrogen and oxygen atoms in total. The van der Waals surface area contributed by atoms with Crippen LogP contribution in [0.1, 0.15) is 25.6 Å². The summed E-state index contributed by atoms with van der Waals surface area (Å²) in [6.45, 7) is 8.42. The highest BCUT2D eigenvalue weighted by Gasteiger charge is 2.12. The van der Waals surface area contributed by atoms with Gasteiger partial charge in [0.2, 0.25) is 0 Å². The first-order valence-electron chi connectivity index (χ1n) is 5.41. The summed E-state index contributed by atoms with van der Waals surface area (Å²) in [5.41, 5.74) is 0. The molecule has 1 heterocycles. The number of thiophene rings is 1. The van der Waals surface area contributed by atoms with E-state index in [1.165, 1.54) is 4.88 Å². The number of carbonyl (C=O) groups excluding carboxylic acids is 1. The number of carbonyl (C=O) groups is 1. The van der Waals surface area contributed by atoms with Crippen molar-refractivity contribution < 1.29 is 4.79 Å². The van der Waals surface area contributed by atoms with Crippen LogP contribution in [0.15, 0.2) is 17.5 Å². The Morgan fingerprint density at radius 1 is 1.53 bits per heavy atom. The van der Waals surface area contributed by atoms with E-state index in [9.17, 15) is 4.79 Å². The van der Waals surface area contributed by atoms with Crippen LogP contribution in [0.5, 0.6) is 0 Å². The number of ketones is 1. The predicted molar refractivity (Wildman–Crippen MR) is 65.1 cm³/mol. The minimum atomic E-state index is 0.141. The number of hydrogen-bond acceptors (Lipinski definition) is 3. The monoisotopic (exact) mass is 225 g/mol. The standard InChI is InChI=1S/C12H19NOS/c1-4-13(9-12(14)10(2)3)8-11-6-5-7-15-11/h5-7,10H,4,8-9H2,1-3H3. The van der Waals surface area contributed by atoms with Crippen molar-refractivity contribution in [2.24, 2.45) is 5.92 Å². The first-order chi connectivity index (χ1) is 7.13. The average Bonchev–Trinajstić information content (AvgIpc) is 2.69. The van der Waals surface area contributed by atoms with E-state index in [0.29, 0.717) is 12.3 Å². The quantitative estimate of drug-likeness (QED) is 0.742. The maximum Gasteiger partial charge on any atom is 0.149 e. The summed E-state index contributed by atoms with van der Waals surface area (Å²) in [5.74, 6) is 0.468. The second-order valence-corrected chi connectivity index (χ2v) is 5.04. The van der Waals surface area contributed by atoms with Gasteiger partial charge in [0.1, 0.15) is 5.78 Å². The second kappa shape index (κ2) is 6.03. The Labute approximate surface area is 95.9 Å². The van der Waals surface area contributed by atoms with E-state index >= 15 is 0 Å². The number of nitrogens with zero attached hydrogens (tertiary/aromatic N) is 1. The van der Waals surface area contributed by atoms with Crippen LogP contribution >= 0.6 is 11.3 Å². The van der Waals surface area contributed by atoms with Gasteiger partial charge in [-0.2, -0.15) is 0 Å². The van der Waals surface area contributed by atoms with Crippen molar-refractivity contribution in [2.45, 2.75) is 27.3 Å². The Kier molecular flexibility index (Phi) is 4.99. The summed E-state index contributed by atoms with van der Waals surface area (Å²) in [6, 6.07) is 4.17. The summed E-state index contributed by atoms with van der Waals surface area (Å²) in [7, 11) is 0. The summed E-state index contributed by atoms with van der Waals surface area (Å²) in [6.07, 6.45) is 0. The lowest BCUT2D eigenvalue weighted by molar-refractivity contribution is -0.123. The largest absolute Gasteiger partial charge is 0.298 e. The molecule has 1 aromatic heterocycles. The third-order valence-electron chi connectivity index (χ3n) is 2.43. The zero-order valence-electron chi connectivity index (χ0n) is 9.69. The van der Waals surface area contributed by atoms with Gasteiger partial charge < -0.3 is 0 Å². The molecule has 3 heteroatoms. The average molecular weight is 225 g/mol. The van der Waals surface area contributed by atoms with Gasteiger partial charge in [0.15, 0.2) is 0 Å². The van der Waals surface area contributed by atoms with Gasteiger partial charge >= 0.3 is 0 Å². The zero-order valence-corrected chi connectivity index (χ0v) is 10.5. The van der Waals surface area contributed by atoms with Crippen LogP contribution in [0.2, 0.25) is 0 Å². The lowest BCUT2D eigenvalue weighted by Gasteiger charge is -2.19. The second-order valence-electron chi connectivity index (χ2n) is 4.00. The molecule has 0 N–H and O–H groups in total. The first kappa shape index (κ1) is 12.4. The van der Waals surface area contributed by atoms with E-state index in [-0.39, 0.29) is 5.92 Å². The number of hydrogen-bond donors (Lipinski definition) is 0. The highest BCUT2D eigenvalue weighted by Crippen LogP contribution is 2.12. The van der Waals surface area contributed by atoms with Crippen molar-refractivity contribution in [3.05, 3.63) is 22.4 Å². The van der Waals surface area contributed by atoms with E-state index in [1.807, 2.05) is 13.8 Å². The van der Waals surface area contributed by atoms with Gasteiger partial charge in [0.25, 0.3) is 0 Å². The van der Waals surface area contributed by atoms with E-state index in [4.69, 9.17) is 0 Å². The first-order valence-corrected chi connectivity index (χ1v) is 6.29. The van der Waals surface area contributed by atoms with Gasteiger partial charge in [-0.25, -0.2) is 0 Å². The molecule has 0 amide bonds. The van der Waals surface area contributed by atoms with Crippen LogP contribution in [0.4, 0.5) is 0 Å². The third kappa shape index (κ3) is 4.14. The highest BCUT2D eigenvalue weighted by molar-refractivity contribution is 7.09. The van der Waals surface area contributed by atoms with Crippen LogP contribution in [-0.4, -0.2) is 23.8 Å². The molecule has 0 aliphatic carbocycles. The lowest BCUT2D eigenvalue weighted by atomic mass is 10.1.